The van der Waals surface area contributed by atoms with Gasteiger partial charge < -0.3 is 10.1 Å². The lowest BCUT2D eigenvalue weighted by atomic mass is 9.92. The van der Waals surface area contributed by atoms with Gasteiger partial charge in [0.25, 0.3) is 0 Å². The van der Waals surface area contributed by atoms with Crippen LogP contribution >= 0.6 is 24.8 Å². The van der Waals surface area contributed by atoms with Crippen LogP contribution in [0.4, 0.5) is 0 Å². The molecule has 3 nitrogen and oxygen atoms in total. The third-order valence-corrected chi connectivity index (χ3v) is 5.41. The maximum atomic E-state index is 6.08. The molecule has 26 heavy (non-hydrogen) atoms. The Labute approximate surface area is 169 Å². The van der Waals surface area contributed by atoms with E-state index in [0.29, 0.717) is 6.04 Å². The molecule has 144 valence electrons. The number of nitrogens with zero attached hydrogens (tertiary/aromatic N) is 1. The Morgan fingerprint density at radius 1 is 1.08 bits per heavy atom. The molecule has 2 fully saturated rings. The zero-order valence-electron chi connectivity index (χ0n) is 15.4. The molecule has 2 aromatic carbocycles. The molecule has 0 spiro atoms. The predicted octanol–water partition coefficient (Wildman–Crippen LogP) is 4.83. The van der Waals surface area contributed by atoms with E-state index in [1.165, 1.54) is 35.6 Å². The molecule has 1 N–H and O–H groups in total. The summed E-state index contributed by atoms with van der Waals surface area (Å²) in [6.07, 6.45) is 4.07. The lowest BCUT2D eigenvalue weighted by Gasteiger charge is -2.36. The summed E-state index contributed by atoms with van der Waals surface area (Å²) in [5, 5.41) is 6.19. The van der Waals surface area contributed by atoms with Crippen molar-refractivity contribution in [1.82, 2.24) is 10.2 Å². The summed E-state index contributed by atoms with van der Waals surface area (Å²) in [6, 6.07) is 13.7. The van der Waals surface area contributed by atoms with Crippen molar-refractivity contribution in [2.45, 2.75) is 32.2 Å². The molecule has 4 rings (SSSR count). The summed E-state index contributed by atoms with van der Waals surface area (Å²) in [5.74, 6) is 1.98. The van der Waals surface area contributed by atoms with Gasteiger partial charge in [0.05, 0.1) is 6.61 Å². The van der Waals surface area contributed by atoms with E-state index in [-0.39, 0.29) is 24.8 Å². The van der Waals surface area contributed by atoms with Crippen molar-refractivity contribution >= 4 is 35.6 Å². The van der Waals surface area contributed by atoms with Crippen LogP contribution in [-0.4, -0.2) is 37.7 Å². The normalized spacial score (nSPS) is 18.7. The minimum Gasteiger partial charge on any atom is -0.494 e. The van der Waals surface area contributed by atoms with Gasteiger partial charge in [-0.15, -0.1) is 24.8 Å². The zero-order chi connectivity index (χ0) is 16.4. The smallest absolute Gasteiger partial charge is 0.124 e. The Morgan fingerprint density at radius 3 is 2.50 bits per heavy atom. The predicted molar refractivity (Wildman–Crippen MR) is 114 cm³/mol. The van der Waals surface area contributed by atoms with E-state index < -0.39 is 0 Å². The second-order valence-corrected chi connectivity index (χ2v) is 7.11. The highest BCUT2D eigenvalue weighted by molar-refractivity contribution is 5.88. The maximum absolute atomic E-state index is 6.08. The van der Waals surface area contributed by atoms with E-state index in [0.717, 1.165) is 44.5 Å². The Morgan fingerprint density at radius 2 is 1.81 bits per heavy atom. The molecule has 0 aromatic heterocycles. The van der Waals surface area contributed by atoms with Crippen LogP contribution in [0.3, 0.4) is 0 Å². The largest absolute Gasteiger partial charge is 0.494 e. The molecule has 0 radical (unpaired) electrons. The van der Waals surface area contributed by atoms with E-state index in [9.17, 15) is 0 Å². The molecule has 0 amide bonds. The second-order valence-electron chi connectivity index (χ2n) is 7.11. The van der Waals surface area contributed by atoms with Crippen LogP contribution in [0.1, 0.15) is 37.8 Å². The van der Waals surface area contributed by atoms with Crippen LogP contribution < -0.4 is 10.1 Å². The number of fused-ring (bicyclic) bond motifs is 1. The molecule has 1 heterocycles. The summed E-state index contributed by atoms with van der Waals surface area (Å²) in [6.45, 7) is 7.26. The zero-order valence-corrected chi connectivity index (χ0v) is 17.1. The van der Waals surface area contributed by atoms with Crippen molar-refractivity contribution in [2.75, 3.05) is 32.8 Å². The van der Waals surface area contributed by atoms with Crippen LogP contribution in [-0.2, 0) is 0 Å². The van der Waals surface area contributed by atoms with Gasteiger partial charge >= 0.3 is 0 Å². The van der Waals surface area contributed by atoms with Crippen LogP contribution in [0, 0.1) is 5.92 Å². The molecule has 1 aliphatic carbocycles. The monoisotopic (exact) mass is 396 g/mol. The number of halogens is 2. The van der Waals surface area contributed by atoms with E-state index >= 15 is 0 Å². The SMILES string of the molecule is CCOc1ccc2ccccc2c1[C@@H](CC1CC1)N1CCNCC1.Cl.Cl. The molecule has 1 atom stereocenters. The number of hydrogen-bond acceptors (Lipinski definition) is 3. The first kappa shape index (κ1) is 21.3. The first-order chi connectivity index (χ1) is 11.9. The van der Waals surface area contributed by atoms with E-state index in [4.69, 9.17) is 4.74 Å². The summed E-state index contributed by atoms with van der Waals surface area (Å²) in [7, 11) is 0. The van der Waals surface area contributed by atoms with Gasteiger partial charge in [-0.05, 0) is 36.1 Å². The fourth-order valence-corrected chi connectivity index (χ4v) is 4.01. The summed E-state index contributed by atoms with van der Waals surface area (Å²) in [5.41, 5.74) is 1.42. The standard InChI is InChI=1S/C21H28N2O.2ClH/c1-2-24-20-10-9-17-5-3-4-6-18(17)21(20)19(15-16-7-8-16)23-13-11-22-12-14-23;;/h3-6,9-10,16,19,22H,2,7-8,11-15H2,1H3;2*1H/t19-;;/m1../s1. The first-order valence-corrected chi connectivity index (χ1v) is 9.46. The third-order valence-electron chi connectivity index (χ3n) is 5.41. The molecule has 0 unspecified atom stereocenters. The van der Waals surface area contributed by atoms with Crippen molar-refractivity contribution < 1.29 is 4.74 Å². The highest BCUT2D eigenvalue weighted by atomic mass is 35.5. The Kier molecular flexibility index (Phi) is 8.03. The molecule has 2 aromatic rings. The van der Waals surface area contributed by atoms with Crippen molar-refractivity contribution in [3.05, 3.63) is 42.0 Å². The Hall–Kier alpha value is -1.00. The molecule has 5 heteroatoms. The van der Waals surface area contributed by atoms with Crippen molar-refractivity contribution in [2.24, 2.45) is 5.92 Å². The molecule has 1 aliphatic heterocycles. The van der Waals surface area contributed by atoms with Crippen LogP contribution in [0.25, 0.3) is 10.8 Å². The van der Waals surface area contributed by atoms with Crippen LogP contribution in [0.15, 0.2) is 36.4 Å². The summed E-state index contributed by atoms with van der Waals surface area (Å²) < 4.78 is 6.08. The minimum atomic E-state index is 0. The van der Waals surface area contributed by atoms with Gasteiger partial charge in [0.2, 0.25) is 0 Å². The fourth-order valence-electron chi connectivity index (χ4n) is 4.01. The number of rotatable bonds is 6. The third kappa shape index (κ3) is 4.64. The topological polar surface area (TPSA) is 24.5 Å². The molecular weight excluding hydrogens is 367 g/mol. The van der Waals surface area contributed by atoms with Gasteiger partial charge in [-0.1, -0.05) is 43.2 Å². The van der Waals surface area contributed by atoms with E-state index in [1.54, 1.807) is 0 Å². The molecular formula is C21H30Cl2N2O. The van der Waals surface area contributed by atoms with Gasteiger partial charge in [0.15, 0.2) is 0 Å². The molecule has 1 saturated carbocycles. The number of benzene rings is 2. The summed E-state index contributed by atoms with van der Waals surface area (Å²) in [4.78, 5) is 2.68. The number of piperazine rings is 1. The first-order valence-electron chi connectivity index (χ1n) is 9.46. The van der Waals surface area contributed by atoms with Gasteiger partial charge in [-0.25, -0.2) is 0 Å². The van der Waals surface area contributed by atoms with Gasteiger partial charge in [0.1, 0.15) is 5.75 Å². The minimum absolute atomic E-state index is 0. The van der Waals surface area contributed by atoms with E-state index in [2.05, 4.69) is 53.5 Å². The van der Waals surface area contributed by atoms with E-state index in [1.807, 2.05) is 0 Å². The number of ether oxygens (including phenoxy) is 1. The Bertz CT molecular complexity index is 699. The molecule has 2 aliphatic rings. The second kappa shape index (κ2) is 9.80. The van der Waals surface area contributed by atoms with Crippen molar-refractivity contribution in [3.8, 4) is 5.75 Å². The number of hydrogen-bond donors (Lipinski definition) is 1. The average Bonchev–Trinajstić information content (AvgIpc) is 3.45. The highest BCUT2D eigenvalue weighted by Crippen LogP contribution is 2.44. The fraction of sp³-hybridized carbons (Fsp3) is 0.524. The lowest BCUT2D eigenvalue weighted by molar-refractivity contribution is 0.158. The lowest BCUT2D eigenvalue weighted by Crippen LogP contribution is -2.45. The van der Waals surface area contributed by atoms with Crippen molar-refractivity contribution in [3.63, 3.8) is 0 Å². The van der Waals surface area contributed by atoms with Gasteiger partial charge in [-0.3, -0.25) is 4.90 Å². The van der Waals surface area contributed by atoms with Crippen LogP contribution in [0.5, 0.6) is 5.75 Å². The van der Waals surface area contributed by atoms with Crippen molar-refractivity contribution in [1.29, 1.82) is 0 Å². The average molecular weight is 397 g/mol. The maximum Gasteiger partial charge on any atom is 0.124 e. The highest BCUT2D eigenvalue weighted by Gasteiger charge is 2.32. The summed E-state index contributed by atoms with van der Waals surface area (Å²) >= 11 is 0. The quantitative estimate of drug-likeness (QED) is 0.756. The molecule has 1 saturated heterocycles. The Balaban J connectivity index is 0.00000121. The van der Waals surface area contributed by atoms with Gasteiger partial charge in [0, 0.05) is 37.8 Å². The van der Waals surface area contributed by atoms with Crippen LogP contribution in [0.2, 0.25) is 0 Å². The molecule has 0 bridgehead atoms. The number of nitrogens with one attached hydrogen (secondary N) is 1. The van der Waals surface area contributed by atoms with Gasteiger partial charge in [-0.2, -0.15) is 0 Å².